The molecule has 0 radical (unpaired) electrons. The molecule has 1 unspecified atom stereocenters. The molecule has 0 fully saturated rings. The number of nitrogens with zero attached hydrogens (tertiary/aromatic N) is 2. The average Bonchev–Trinajstić information content (AvgIpc) is 3.35. The van der Waals surface area contributed by atoms with Crippen LogP contribution in [0.5, 0.6) is 11.5 Å². The van der Waals surface area contributed by atoms with Crippen LogP contribution < -0.4 is 20.1 Å². The van der Waals surface area contributed by atoms with Crippen molar-refractivity contribution in [2.45, 2.75) is 25.6 Å². The fraction of sp³-hybridized carbons (Fsp3) is 0.222. The largest absolute Gasteiger partial charge is 0.493 e. The first-order valence-electron chi connectivity index (χ1n) is 11.6. The highest BCUT2D eigenvalue weighted by atomic mass is 35.5. The molecule has 0 bridgehead atoms. The number of nitrogens with one attached hydrogen (secondary N) is 2. The fourth-order valence-electron chi connectivity index (χ4n) is 4.12. The Labute approximate surface area is 227 Å². The van der Waals surface area contributed by atoms with E-state index in [9.17, 15) is 22.8 Å². The van der Waals surface area contributed by atoms with E-state index in [1.807, 2.05) is 6.07 Å². The molecule has 0 aromatic heterocycles. The third kappa shape index (κ3) is 6.26. The van der Waals surface area contributed by atoms with Gasteiger partial charge in [-0.3, -0.25) is 4.79 Å². The van der Waals surface area contributed by atoms with Gasteiger partial charge in [0.2, 0.25) is 5.91 Å². The fourth-order valence-corrected chi connectivity index (χ4v) is 4.34. The van der Waals surface area contributed by atoms with E-state index in [1.54, 1.807) is 43.5 Å². The summed E-state index contributed by atoms with van der Waals surface area (Å²) in [6.07, 6.45) is -4.09. The number of benzene rings is 3. The Hall–Kier alpha value is -4.25. The molecule has 0 spiro atoms. The molecule has 2 N–H and O–H groups in total. The van der Waals surface area contributed by atoms with Crippen LogP contribution in [-0.2, 0) is 11.0 Å². The second kappa shape index (κ2) is 11.2. The van der Waals surface area contributed by atoms with Crippen LogP contribution in [-0.4, -0.2) is 36.9 Å². The Morgan fingerprint density at radius 1 is 0.974 bits per heavy atom. The van der Waals surface area contributed by atoms with E-state index in [0.717, 1.165) is 29.3 Å². The highest BCUT2D eigenvalue weighted by Gasteiger charge is 2.32. The first-order chi connectivity index (χ1) is 18.5. The standard InChI is InChI=1S/C27H24ClF3N4O4/c1-15(36)35-23(14-22(34-35)17-6-11-24(38-2)25(12-17)39-3)16-4-8-19(9-5-16)32-26(37)33-21-10-7-18(13-20(21)28)27(29,30)31/h4-13,23H,14H2,1-3H3,(H2,32,33,37). The van der Waals surface area contributed by atoms with Gasteiger partial charge in [0.1, 0.15) is 0 Å². The molecule has 1 aliphatic heterocycles. The zero-order valence-electron chi connectivity index (χ0n) is 21.1. The van der Waals surface area contributed by atoms with E-state index < -0.39 is 17.8 Å². The summed E-state index contributed by atoms with van der Waals surface area (Å²) in [5.41, 5.74) is 1.82. The average molecular weight is 561 g/mol. The van der Waals surface area contributed by atoms with Gasteiger partial charge in [-0.1, -0.05) is 23.7 Å². The van der Waals surface area contributed by atoms with Gasteiger partial charge in [0.15, 0.2) is 11.5 Å². The predicted molar refractivity (Wildman–Crippen MR) is 141 cm³/mol. The predicted octanol–water partition coefficient (Wildman–Crippen LogP) is 6.72. The van der Waals surface area contributed by atoms with Crippen LogP contribution in [0, 0.1) is 0 Å². The first-order valence-corrected chi connectivity index (χ1v) is 12.0. The number of carbonyl (C=O) groups excluding carboxylic acids is 2. The Morgan fingerprint density at radius 3 is 2.26 bits per heavy atom. The Balaban J connectivity index is 1.45. The van der Waals surface area contributed by atoms with E-state index >= 15 is 0 Å². The second-order valence-corrected chi connectivity index (χ2v) is 9.00. The molecule has 3 aromatic carbocycles. The van der Waals surface area contributed by atoms with E-state index in [2.05, 4.69) is 15.7 Å². The normalized spacial score (nSPS) is 15.0. The maximum Gasteiger partial charge on any atom is 0.416 e. The van der Waals surface area contributed by atoms with Gasteiger partial charge in [0, 0.05) is 24.6 Å². The summed E-state index contributed by atoms with van der Waals surface area (Å²) in [5, 5.41) is 10.7. The lowest BCUT2D eigenvalue weighted by Gasteiger charge is -2.20. The minimum Gasteiger partial charge on any atom is -0.493 e. The van der Waals surface area contributed by atoms with Crippen LogP contribution in [0.1, 0.15) is 36.1 Å². The van der Waals surface area contributed by atoms with Crippen molar-refractivity contribution in [2.75, 3.05) is 24.9 Å². The SMILES string of the molecule is COc1ccc(C2=NN(C(C)=O)C(c3ccc(NC(=O)Nc4ccc(C(F)(F)F)cc4Cl)cc3)C2)cc1OC. The number of rotatable bonds is 6. The summed E-state index contributed by atoms with van der Waals surface area (Å²) in [6, 6.07) is 13.8. The number of methoxy groups -OCH3 is 2. The molecule has 4 rings (SSSR count). The molecule has 8 nitrogen and oxygen atoms in total. The number of hydrogen-bond acceptors (Lipinski definition) is 5. The van der Waals surface area contributed by atoms with Gasteiger partial charge in [0.25, 0.3) is 0 Å². The van der Waals surface area contributed by atoms with Gasteiger partial charge in [0.05, 0.1) is 42.2 Å². The minimum absolute atomic E-state index is 0.0293. The third-order valence-electron chi connectivity index (χ3n) is 6.05. The Morgan fingerprint density at radius 2 is 1.67 bits per heavy atom. The number of hydrazone groups is 1. The van der Waals surface area contributed by atoms with Crippen LogP contribution in [0.3, 0.4) is 0 Å². The van der Waals surface area contributed by atoms with Gasteiger partial charge in [-0.05, 0) is 54.1 Å². The van der Waals surface area contributed by atoms with Crippen molar-refractivity contribution in [3.05, 3.63) is 82.4 Å². The topological polar surface area (TPSA) is 92.3 Å². The van der Waals surface area contributed by atoms with Crippen LogP contribution in [0.2, 0.25) is 5.02 Å². The van der Waals surface area contributed by atoms with E-state index in [4.69, 9.17) is 21.1 Å². The van der Waals surface area contributed by atoms with Gasteiger partial charge >= 0.3 is 12.2 Å². The van der Waals surface area contributed by atoms with Gasteiger partial charge in [-0.2, -0.15) is 18.3 Å². The van der Waals surface area contributed by atoms with Gasteiger partial charge in [-0.15, -0.1) is 0 Å². The number of alkyl halides is 3. The molecule has 204 valence electrons. The van der Waals surface area contributed by atoms with Crippen LogP contribution in [0.15, 0.2) is 65.8 Å². The maximum atomic E-state index is 12.8. The lowest BCUT2D eigenvalue weighted by atomic mass is 9.98. The van der Waals surface area contributed by atoms with Crippen molar-refractivity contribution in [3.8, 4) is 11.5 Å². The zero-order valence-corrected chi connectivity index (χ0v) is 21.9. The van der Waals surface area contributed by atoms with E-state index in [-0.39, 0.29) is 22.7 Å². The summed E-state index contributed by atoms with van der Waals surface area (Å²) >= 11 is 5.90. The van der Waals surface area contributed by atoms with E-state index in [0.29, 0.717) is 29.3 Å². The smallest absolute Gasteiger partial charge is 0.416 e. The van der Waals surface area contributed by atoms with Crippen molar-refractivity contribution in [2.24, 2.45) is 5.10 Å². The van der Waals surface area contributed by atoms with Crippen LogP contribution in [0.25, 0.3) is 0 Å². The number of carbonyl (C=O) groups is 2. The summed E-state index contributed by atoms with van der Waals surface area (Å²) in [7, 11) is 3.08. The van der Waals surface area contributed by atoms with Crippen LogP contribution in [0.4, 0.5) is 29.3 Å². The summed E-state index contributed by atoms with van der Waals surface area (Å²) in [5.74, 6) is 0.889. The Kier molecular flexibility index (Phi) is 8.01. The molecule has 0 saturated heterocycles. The monoisotopic (exact) mass is 560 g/mol. The first kappa shape index (κ1) is 27.8. The van der Waals surface area contributed by atoms with E-state index in [1.165, 1.54) is 19.0 Å². The summed E-state index contributed by atoms with van der Waals surface area (Å²) < 4.78 is 49.2. The maximum absolute atomic E-state index is 12.8. The molecule has 39 heavy (non-hydrogen) atoms. The van der Waals surface area contributed by atoms with Crippen molar-refractivity contribution < 1.29 is 32.2 Å². The number of hydrogen-bond donors (Lipinski definition) is 2. The van der Waals surface area contributed by atoms with Crippen molar-refractivity contribution >= 4 is 40.6 Å². The third-order valence-corrected chi connectivity index (χ3v) is 6.36. The molecule has 0 aliphatic carbocycles. The molecule has 1 aliphatic rings. The molecule has 0 saturated carbocycles. The molecular formula is C27H24ClF3N4O4. The molecule has 3 amide bonds. The van der Waals surface area contributed by atoms with Crippen LogP contribution >= 0.6 is 11.6 Å². The summed E-state index contributed by atoms with van der Waals surface area (Å²) in [6.45, 7) is 1.43. The second-order valence-electron chi connectivity index (χ2n) is 8.59. The number of anilines is 2. The highest BCUT2D eigenvalue weighted by molar-refractivity contribution is 6.33. The quantitative estimate of drug-likeness (QED) is 0.350. The van der Waals surface area contributed by atoms with Gasteiger partial charge < -0.3 is 20.1 Å². The number of amides is 3. The highest BCUT2D eigenvalue weighted by Crippen LogP contribution is 2.36. The molecule has 1 heterocycles. The van der Waals surface area contributed by atoms with Gasteiger partial charge in [-0.25, -0.2) is 9.80 Å². The summed E-state index contributed by atoms with van der Waals surface area (Å²) in [4.78, 5) is 24.8. The number of ether oxygens (including phenoxy) is 2. The zero-order chi connectivity index (χ0) is 28.3. The van der Waals surface area contributed by atoms with Crippen molar-refractivity contribution in [1.82, 2.24) is 5.01 Å². The molecule has 1 atom stereocenters. The molecule has 3 aromatic rings. The number of halogens is 4. The Bertz CT molecular complexity index is 1430. The minimum atomic E-state index is -4.54. The van der Waals surface area contributed by atoms with Crippen molar-refractivity contribution in [1.29, 1.82) is 0 Å². The lowest BCUT2D eigenvalue weighted by molar-refractivity contribution is -0.137. The lowest BCUT2D eigenvalue weighted by Crippen LogP contribution is -2.24. The van der Waals surface area contributed by atoms with Crippen molar-refractivity contribution in [3.63, 3.8) is 0 Å². The molecule has 12 heteroatoms. The molecular weight excluding hydrogens is 537 g/mol. The number of urea groups is 1.